The molecule has 1 N–H and O–H groups in total. The van der Waals surface area contributed by atoms with E-state index in [2.05, 4.69) is 27.6 Å². The third-order valence-electron chi connectivity index (χ3n) is 2.90. The zero-order valence-electron chi connectivity index (χ0n) is 11.8. The number of carbonyl (C=O) groups is 1. The maximum absolute atomic E-state index is 12.1. The Bertz CT molecular complexity index is 767. The van der Waals surface area contributed by atoms with Crippen molar-refractivity contribution in [2.24, 2.45) is 0 Å². The van der Waals surface area contributed by atoms with Gasteiger partial charge >= 0.3 is 0 Å². The summed E-state index contributed by atoms with van der Waals surface area (Å²) in [7, 11) is 0. The summed E-state index contributed by atoms with van der Waals surface area (Å²) in [5.41, 5.74) is 2.22. The van der Waals surface area contributed by atoms with Crippen molar-refractivity contribution in [2.75, 3.05) is 5.32 Å². The number of aromatic nitrogens is 2. The SMILES string of the molecule is Cc1ccsc1C(=O)Nc1nnc(SCc2ccccc2)s1. The molecule has 0 aliphatic heterocycles. The van der Waals surface area contributed by atoms with E-state index in [1.807, 2.05) is 36.6 Å². The fourth-order valence-corrected chi connectivity index (χ4v) is 4.32. The molecular formula is C15H13N3OS3. The molecule has 0 aliphatic carbocycles. The van der Waals surface area contributed by atoms with Crippen LogP contribution in [0.15, 0.2) is 46.1 Å². The highest BCUT2D eigenvalue weighted by molar-refractivity contribution is 8.00. The van der Waals surface area contributed by atoms with E-state index >= 15 is 0 Å². The number of hydrogen-bond acceptors (Lipinski definition) is 6. The average molecular weight is 347 g/mol. The first kappa shape index (κ1) is 15.2. The van der Waals surface area contributed by atoms with E-state index in [-0.39, 0.29) is 5.91 Å². The number of amides is 1. The summed E-state index contributed by atoms with van der Waals surface area (Å²) >= 11 is 4.45. The highest BCUT2D eigenvalue weighted by Crippen LogP contribution is 2.28. The summed E-state index contributed by atoms with van der Waals surface area (Å²) in [5, 5.41) is 13.4. The fraction of sp³-hybridized carbons (Fsp3) is 0.133. The van der Waals surface area contributed by atoms with Crippen molar-refractivity contribution in [3.8, 4) is 0 Å². The minimum Gasteiger partial charge on any atom is -0.296 e. The van der Waals surface area contributed by atoms with Crippen molar-refractivity contribution in [3.05, 3.63) is 57.8 Å². The zero-order chi connectivity index (χ0) is 15.4. The van der Waals surface area contributed by atoms with Crippen LogP contribution in [-0.4, -0.2) is 16.1 Å². The Balaban J connectivity index is 1.59. The monoisotopic (exact) mass is 347 g/mol. The number of carbonyl (C=O) groups excluding carboxylic acids is 1. The van der Waals surface area contributed by atoms with Crippen LogP contribution in [-0.2, 0) is 5.75 Å². The van der Waals surface area contributed by atoms with E-state index in [4.69, 9.17) is 0 Å². The van der Waals surface area contributed by atoms with Crippen LogP contribution in [0, 0.1) is 6.92 Å². The van der Waals surface area contributed by atoms with E-state index in [9.17, 15) is 4.79 Å². The van der Waals surface area contributed by atoms with Gasteiger partial charge in [-0.1, -0.05) is 53.4 Å². The van der Waals surface area contributed by atoms with Gasteiger partial charge in [-0.3, -0.25) is 10.1 Å². The van der Waals surface area contributed by atoms with Gasteiger partial charge < -0.3 is 0 Å². The number of aryl methyl sites for hydroxylation is 1. The molecule has 7 heteroatoms. The molecule has 1 amide bonds. The largest absolute Gasteiger partial charge is 0.296 e. The van der Waals surface area contributed by atoms with Gasteiger partial charge in [0.1, 0.15) is 0 Å². The second-order valence-corrected chi connectivity index (χ2v) is 7.65. The lowest BCUT2D eigenvalue weighted by Gasteiger charge is -1.99. The standard InChI is InChI=1S/C15H13N3OS3/c1-10-7-8-20-12(10)13(19)16-14-17-18-15(22-14)21-9-11-5-3-2-4-6-11/h2-8H,9H2,1H3,(H,16,17,19). The minimum absolute atomic E-state index is 0.122. The Morgan fingerprint density at radius 2 is 2.05 bits per heavy atom. The lowest BCUT2D eigenvalue weighted by atomic mass is 10.2. The van der Waals surface area contributed by atoms with Crippen molar-refractivity contribution in [1.29, 1.82) is 0 Å². The molecule has 4 nitrogen and oxygen atoms in total. The molecule has 0 saturated carbocycles. The molecule has 22 heavy (non-hydrogen) atoms. The first-order valence-electron chi connectivity index (χ1n) is 6.58. The van der Waals surface area contributed by atoms with Gasteiger partial charge in [0.25, 0.3) is 5.91 Å². The van der Waals surface area contributed by atoms with Crippen molar-refractivity contribution < 1.29 is 4.79 Å². The molecule has 0 spiro atoms. The first-order chi connectivity index (χ1) is 10.7. The van der Waals surface area contributed by atoms with Crippen molar-refractivity contribution in [2.45, 2.75) is 17.0 Å². The summed E-state index contributed by atoms with van der Waals surface area (Å²) in [4.78, 5) is 12.8. The van der Waals surface area contributed by atoms with Crippen LogP contribution in [0.5, 0.6) is 0 Å². The van der Waals surface area contributed by atoms with Crippen LogP contribution in [0.1, 0.15) is 20.8 Å². The van der Waals surface area contributed by atoms with E-state index in [0.29, 0.717) is 10.0 Å². The Morgan fingerprint density at radius 1 is 1.23 bits per heavy atom. The molecule has 0 fully saturated rings. The molecule has 0 unspecified atom stereocenters. The Morgan fingerprint density at radius 3 is 2.77 bits per heavy atom. The highest BCUT2D eigenvalue weighted by Gasteiger charge is 2.13. The molecule has 0 saturated heterocycles. The molecule has 2 aromatic heterocycles. The maximum Gasteiger partial charge on any atom is 0.267 e. The van der Waals surface area contributed by atoms with Crippen LogP contribution in [0.25, 0.3) is 0 Å². The van der Waals surface area contributed by atoms with Gasteiger partial charge in [-0.2, -0.15) is 0 Å². The number of hydrogen-bond donors (Lipinski definition) is 1. The van der Waals surface area contributed by atoms with Crippen LogP contribution in [0.3, 0.4) is 0 Å². The lowest BCUT2D eigenvalue weighted by molar-refractivity contribution is 0.103. The highest BCUT2D eigenvalue weighted by atomic mass is 32.2. The third kappa shape index (κ3) is 3.73. The minimum atomic E-state index is -0.122. The molecule has 0 aliphatic rings. The number of thioether (sulfide) groups is 1. The Labute approximate surface area is 140 Å². The predicted octanol–water partition coefficient (Wildman–Crippen LogP) is 4.45. The van der Waals surface area contributed by atoms with Crippen LogP contribution in [0.2, 0.25) is 0 Å². The first-order valence-corrected chi connectivity index (χ1v) is 9.26. The molecule has 1 aromatic carbocycles. The molecule has 2 heterocycles. The van der Waals surface area contributed by atoms with Crippen molar-refractivity contribution in [1.82, 2.24) is 10.2 Å². The molecule has 0 bridgehead atoms. The van der Waals surface area contributed by atoms with E-state index in [1.165, 1.54) is 28.2 Å². The smallest absolute Gasteiger partial charge is 0.267 e. The molecule has 0 atom stereocenters. The number of benzene rings is 1. The fourth-order valence-electron chi connectivity index (χ4n) is 1.80. The number of anilines is 1. The summed E-state index contributed by atoms with van der Waals surface area (Å²) in [6, 6.07) is 12.1. The number of rotatable bonds is 5. The van der Waals surface area contributed by atoms with Gasteiger partial charge in [-0.05, 0) is 29.5 Å². The predicted molar refractivity (Wildman–Crippen MR) is 92.9 cm³/mol. The van der Waals surface area contributed by atoms with E-state index in [0.717, 1.165) is 15.7 Å². The second-order valence-electron chi connectivity index (χ2n) is 4.53. The quantitative estimate of drug-likeness (QED) is 0.547. The number of nitrogens with zero attached hydrogens (tertiary/aromatic N) is 2. The van der Waals surface area contributed by atoms with Crippen molar-refractivity contribution >= 4 is 45.5 Å². The maximum atomic E-state index is 12.1. The summed E-state index contributed by atoms with van der Waals surface area (Å²) in [5.74, 6) is 0.719. The second kappa shape index (κ2) is 7.04. The number of thiophene rings is 1. The van der Waals surface area contributed by atoms with Crippen LogP contribution in [0.4, 0.5) is 5.13 Å². The Hall–Kier alpha value is -1.70. The molecule has 112 valence electrons. The summed E-state index contributed by atoms with van der Waals surface area (Å²) in [6.07, 6.45) is 0. The zero-order valence-corrected chi connectivity index (χ0v) is 14.2. The van der Waals surface area contributed by atoms with Crippen molar-refractivity contribution in [3.63, 3.8) is 0 Å². The molecule has 0 radical (unpaired) electrons. The third-order valence-corrected chi connectivity index (χ3v) is 5.96. The van der Waals surface area contributed by atoms with Crippen LogP contribution >= 0.6 is 34.4 Å². The van der Waals surface area contributed by atoms with Gasteiger partial charge in [0.2, 0.25) is 5.13 Å². The van der Waals surface area contributed by atoms with E-state index in [1.54, 1.807) is 11.8 Å². The van der Waals surface area contributed by atoms with E-state index < -0.39 is 0 Å². The molecule has 3 rings (SSSR count). The molecule has 3 aromatic rings. The summed E-state index contributed by atoms with van der Waals surface area (Å²) < 4.78 is 0.849. The normalized spacial score (nSPS) is 10.6. The Kier molecular flexibility index (Phi) is 4.87. The number of nitrogens with one attached hydrogen (secondary N) is 1. The van der Waals surface area contributed by atoms with Gasteiger partial charge in [0.05, 0.1) is 4.88 Å². The topological polar surface area (TPSA) is 54.9 Å². The average Bonchev–Trinajstić information content (AvgIpc) is 3.15. The van der Waals surface area contributed by atoms with Gasteiger partial charge in [-0.15, -0.1) is 21.5 Å². The van der Waals surface area contributed by atoms with Gasteiger partial charge in [-0.25, -0.2) is 0 Å². The van der Waals surface area contributed by atoms with Gasteiger partial charge in [0, 0.05) is 5.75 Å². The molecular weight excluding hydrogens is 334 g/mol. The lowest BCUT2D eigenvalue weighted by Crippen LogP contribution is -2.10. The summed E-state index contributed by atoms with van der Waals surface area (Å²) in [6.45, 7) is 1.92. The van der Waals surface area contributed by atoms with Gasteiger partial charge in [0.15, 0.2) is 4.34 Å². The van der Waals surface area contributed by atoms with Crippen LogP contribution < -0.4 is 5.32 Å².